The molecule has 0 bridgehead atoms. The van der Waals surface area contributed by atoms with E-state index in [1.165, 1.54) is 6.08 Å². The van der Waals surface area contributed by atoms with E-state index < -0.39 is 30.4 Å². The fourth-order valence-electron chi connectivity index (χ4n) is 1.90. The summed E-state index contributed by atoms with van der Waals surface area (Å²) in [6.45, 7) is 4.98. The number of hydrogen-bond acceptors (Lipinski definition) is 0. The van der Waals surface area contributed by atoms with Crippen LogP contribution < -0.4 is 0 Å². The predicted octanol–water partition coefficient (Wildman–Crippen LogP) is 5.59. The zero-order valence-electron chi connectivity index (χ0n) is 10.5. The van der Waals surface area contributed by atoms with Gasteiger partial charge in [-0.2, -0.15) is 26.3 Å². The van der Waals surface area contributed by atoms with E-state index in [0.717, 1.165) is 0 Å². The normalized spacial score (nSPS) is 15.4. The first-order valence-corrected chi connectivity index (χ1v) is 5.92. The lowest BCUT2D eigenvalue weighted by Gasteiger charge is -2.33. The predicted molar refractivity (Wildman–Crippen MR) is 58.4 cm³/mol. The lowest BCUT2D eigenvalue weighted by Crippen LogP contribution is -2.54. The van der Waals surface area contributed by atoms with E-state index in [9.17, 15) is 30.7 Å². The highest BCUT2D eigenvalue weighted by Crippen LogP contribution is 2.50. The van der Waals surface area contributed by atoms with Crippen LogP contribution in [0.3, 0.4) is 0 Å². The molecule has 0 heterocycles. The first kappa shape index (κ1) is 18.2. The van der Waals surface area contributed by atoms with Gasteiger partial charge in [0.05, 0.1) is 0 Å². The second-order valence-electron chi connectivity index (χ2n) is 4.52. The van der Waals surface area contributed by atoms with Crippen molar-refractivity contribution in [2.75, 3.05) is 0 Å². The molecule has 0 aromatic rings. The van der Waals surface area contributed by atoms with Crippen LogP contribution in [0, 0.1) is 5.92 Å². The van der Waals surface area contributed by atoms with Gasteiger partial charge in [0.1, 0.15) is 0 Å². The molecular weight excluding hydrogens is 277 g/mol. The highest BCUT2D eigenvalue weighted by Gasteiger charge is 2.72. The van der Waals surface area contributed by atoms with Crippen molar-refractivity contribution >= 4 is 0 Å². The summed E-state index contributed by atoms with van der Waals surface area (Å²) in [5, 5.41) is 0. The van der Waals surface area contributed by atoms with Crippen molar-refractivity contribution in [1.29, 1.82) is 0 Å². The fourth-order valence-corrected chi connectivity index (χ4v) is 1.90. The summed E-state index contributed by atoms with van der Waals surface area (Å²) in [5.41, 5.74) is -5.14. The Kier molecular flexibility index (Phi) is 6.35. The Labute approximate surface area is 107 Å². The molecule has 0 saturated heterocycles. The minimum absolute atomic E-state index is 0.0647. The highest BCUT2D eigenvalue weighted by molar-refractivity contribution is 4.96. The summed E-state index contributed by atoms with van der Waals surface area (Å²) in [6, 6.07) is 0. The Morgan fingerprint density at radius 1 is 0.947 bits per heavy atom. The van der Waals surface area contributed by atoms with Crippen molar-refractivity contribution in [3.05, 3.63) is 12.7 Å². The standard InChI is InChI=1S/C12H17F7/c1-3-5-7-9(6-4-2)8-10(13,11(14,15)16)12(17,18)19/h3,9H,1,4-8H2,2H3. The Hall–Kier alpha value is -0.750. The number of allylic oxidation sites excluding steroid dienone is 1. The van der Waals surface area contributed by atoms with E-state index in [4.69, 9.17) is 0 Å². The third-order valence-corrected chi connectivity index (χ3v) is 2.94. The molecule has 0 aliphatic heterocycles. The minimum atomic E-state index is -5.95. The molecule has 0 saturated carbocycles. The van der Waals surface area contributed by atoms with Gasteiger partial charge in [-0.05, 0) is 18.8 Å². The van der Waals surface area contributed by atoms with Crippen molar-refractivity contribution in [1.82, 2.24) is 0 Å². The van der Waals surface area contributed by atoms with E-state index in [1.54, 1.807) is 6.92 Å². The maximum atomic E-state index is 13.5. The average Bonchev–Trinajstić information content (AvgIpc) is 2.22. The molecule has 1 unspecified atom stereocenters. The third-order valence-electron chi connectivity index (χ3n) is 2.94. The lowest BCUT2D eigenvalue weighted by molar-refractivity contribution is -0.346. The van der Waals surface area contributed by atoms with Gasteiger partial charge in [-0.25, -0.2) is 4.39 Å². The van der Waals surface area contributed by atoms with Gasteiger partial charge in [-0.15, -0.1) is 6.58 Å². The molecule has 7 heteroatoms. The van der Waals surface area contributed by atoms with Crippen LogP contribution in [0.5, 0.6) is 0 Å². The highest BCUT2D eigenvalue weighted by atomic mass is 19.4. The molecule has 1 atom stereocenters. The number of hydrogen-bond donors (Lipinski definition) is 0. The van der Waals surface area contributed by atoms with Gasteiger partial charge in [0, 0.05) is 6.42 Å². The zero-order valence-corrected chi connectivity index (χ0v) is 10.5. The van der Waals surface area contributed by atoms with Crippen molar-refractivity contribution in [3.8, 4) is 0 Å². The molecule has 0 aliphatic rings. The smallest absolute Gasteiger partial charge is 0.224 e. The Bertz CT molecular complexity index is 263. The van der Waals surface area contributed by atoms with Gasteiger partial charge in [0.15, 0.2) is 0 Å². The molecule has 0 radical (unpaired) electrons. The summed E-state index contributed by atoms with van der Waals surface area (Å²) in [4.78, 5) is 0. The Morgan fingerprint density at radius 3 is 1.74 bits per heavy atom. The molecule has 0 nitrogen and oxygen atoms in total. The van der Waals surface area contributed by atoms with Crippen LogP contribution in [0.15, 0.2) is 12.7 Å². The van der Waals surface area contributed by atoms with Gasteiger partial charge >= 0.3 is 12.4 Å². The molecule has 0 fully saturated rings. The topological polar surface area (TPSA) is 0 Å². The average molecular weight is 294 g/mol. The van der Waals surface area contributed by atoms with Crippen LogP contribution in [-0.2, 0) is 0 Å². The van der Waals surface area contributed by atoms with Crippen molar-refractivity contribution in [3.63, 3.8) is 0 Å². The number of alkyl halides is 7. The number of halogens is 7. The zero-order chi connectivity index (χ0) is 15.3. The molecule has 0 aliphatic carbocycles. The molecule has 0 rings (SSSR count). The SMILES string of the molecule is C=CCCC(CCC)CC(F)(C(F)(F)F)C(F)(F)F. The van der Waals surface area contributed by atoms with Crippen LogP contribution in [0.1, 0.15) is 39.0 Å². The molecular formula is C12H17F7. The van der Waals surface area contributed by atoms with Gasteiger partial charge in [0.25, 0.3) is 5.67 Å². The van der Waals surface area contributed by atoms with Crippen LogP contribution in [-0.4, -0.2) is 18.0 Å². The fraction of sp³-hybridized carbons (Fsp3) is 0.833. The molecule has 0 aromatic heterocycles. The molecule has 0 amide bonds. The van der Waals surface area contributed by atoms with Crippen LogP contribution in [0.2, 0.25) is 0 Å². The lowest BCUT2D eigenvalue weighted by atomic mass is 9.85. The summed E-state index contributed by atoms with van der Waals surface area (Å²) >= 11 is 0. The van der Waals surface area contributed by atoms with Gasteiger partial charge in [-0.1, -0.05) is 25.8 Å². The summed E-state index contributed by atoms with van der Waals surface area (Å²) in [5.74, 6) is -0.976. The van der Waals surface area contributed by atoms with E-state index in [2.05, 4.69) is 6.58 Å². The monoisotopic (exact) mass is 294 g/mol. The molecule has 19 heavy (non-hydrogen) atoms. The van der Waals surface area contributed by atoms with Crippen LogP contribution >= 0.6 is 0 Å². The summed E-state index contributed by atoms with van der Waals surface area (Å²) in [6.07, 6.45) is -11.3. The molecule has 0 N–H and O–H groups in total. The van der Waals surface area contributed by atoms with Gasteiger partial charge < -0.3 is 0 Å². The Morgan fingerprint density at radius 2 is 1.42 bits per heavy atom. The maximum absolute atomic E-state index is 13.5. The quantitative estimate of drug-likeness (QED) is 0.424. The van der Waals surface area contributed by atoms with Crippen LogP contribution in [0.25, 0.3) is 0 Å². The van der Waals surface area contributed by atoms with E-state index >= 15 is 0 Å². The van der Waals surface area contributed by atoms with E-state index in [0.29, 0.717) is 6.42 Å². The van der Waals surface area contributed by atoms with Crippen molar-refractivity contribution in [2.24, 2.45) is 5.92 Å². The summed E-state index contributed by atoms with van der Waals surface area (Å²) < 4.78 is 88.0. The Balaban J connectivity index is 5.12. The van der Waals surface area contributed by atoms with Crippen LogP contribution in [0.4, 0.5) is 30.7 Å². The third kappa shape index (κ3) is 4.69. The molecule has 0 aromatic carbocycles. The van der Waals surface area contributed by atoms with Gasteiger partial charge in [0.2, 0.25) is 0 Å². The first-order chi connectivity index (χ1) is 8.49. The number of rotatable bonds is 7. The maximum Gasteiger partial charge on any atom is 0.431 e. The van der Waals surface area contributed by atoms with E-state index in [-0.39, 0.29) is 19.3 Å². The van der Waals surface area contributed by atoms with E-state index in [1.807, 2.05) is 0 Å². The second kappa shape index (κ2) is 6.61. The second-order valence-corrected chi connectivity index (χ2v) is 4.52. The molecule has 0 spiro atoms. The largest absolute Gasteiger partial charge is 0.431 e. The van der Waals surface area contributed by atoms with Crippen molar-refractivity contribution < 1.29 is 30.7 Å². The minimum Gasteiger partial charge on any atom is -0.224 e. The van der Waals surface area contributed by atoms with Crippen molar-refractivity contribution in [2.45, 2.75) is 57.0 Å². The summed E-state index contributed by atoms with van der Waals surface area (Å²) in [7, 11) is 0. The van der Waals surface area contributed by atoms with Gasteiger partial charge in [-0.3, -0.25) is 0 Å². The first-order valence-electron chi connectivity index (χ1n) is 5.92. The molecule has 114 valence electrons.